The van der Waals surface area contributed by atoms with Crippen LogP contribution in [-0.4, -0.2) is 72.2 Å². The number of ether oxygens (including phenoxy) is 2. The van der Waals surface area contributed by atoms with E-state index in [9.17, 15) is 9.59 Å². The fraction of sp³-hybridized carbons (Fsp3) is 0.385. The van der Waals surface area contributed by atoms with Gasteiger partial charge in [-0.15, -0.1) is 0 Å². The number of nitrogens with zero attached hydrogens (tertiary/aromatic N) is 4. The molecule has 2 aromatic rings. The Kier molecular flexibility index (Phi) is 6.23. The van der Waals surface area contributed by atoms with Gasteiger partial charge in [0.1, 0.15) is 0 Å². The molecule has 0 N–H and O–H groups in total. The highest BCUT2D eigenvalue weighted by Gasteiger charge is 2.41. The van der Waals surface area contributed by atoms with Crippen LogP contribution in [0, 0.1) is 0 Å². The van der Waals surface area contributed by atoms with Crippen molar-refractivity contribution in [2.24, 2.45) is 9.98 Å². The minimum Gasteiger partial charge on any atom is -0.454 e. The van der Waals surface area contributed by atoms with E-state index in [4.69, 9.17) is 21.1 Å². The predicted molar refractivity (Wildman–Crippen MR) is 134 cm³/mol. The molecule has 1 saturated heterocycles. The molecule has 3 aliphatic heterocycles. The third kappa shape index (κ3) is 4.62. The van der Waals surface area contributed by atoms with Crippen molar-refractivity contribution >= 4 is 35.5 Å². The van der Waals surface area contributed by atoms with Crippen LogP contribution in [0.1, 0.15) is 42.1 Å². The van der Waals surface area contributed by atoms with Crippen molar-refractivity contribution in [2.75, 3.05) is 33.0 Å². The summed E-state index contributed by atoms with van der Waals surface area (Å²) in [4.78, 5) is 39.2. The van der Waals surface area contributed by atoms with Gasteiger partial charge < -0.3 is 19.3 Å². The van der Waals surface area contributed by atoms with Gasteiger partial charge in [0, 0.05) is 43.3 Å². The first-order valence-corrected chi connectivity index (χ1v) is 12.1. The first-order chi connectivity index (χ1) is 16.8. The summed E-state index contributed by atoms with van der Waals surface area (Å²) in [6, 6.07) is 13.0. The first-order valence-electron chi connectivity index (χ1n) is 11.7. The van der Waals surface area contributed by atoms with E-state index in [1.165, 1.54) is 0 Å². The van der Waals surface area contributed by atoms with Gasteiger partial charge in [0.15, 0.2) is 11.5 Å². The van der Waals surface area contributed by atoms with E-state index in [2.05, 4.69) is 9.98 Å². The predicted octanol–water partition coefficient (Wildman–Crippen LogP) is 3.79. The Morgan fingerprint density at radius 2 is 1.91 bits per heavy atom. The van der Waals surface area contributed by atoms with Gasteiger partial charge in [0.2, 0.25) is 12.6 Å². The molecule has 1 atom stereocenters. The summed E-state index contributed by atoms with van der Waals surface area (Å²) >= 11 is 6.14. The van der Waals surface area contributed by atoms with Crippen LogP contribution in [0.5, 0.6) is 11.5 Å². The average molecular weight is 495 g/mol. The summed E-state index contributed by atoms with van der Waals surface area (Å²) in [5, 5.41) is 0.672. The Labute approximate surface area is 209 Å². The van der Waals surface area contributed by atoms with Crippen molar-refractivity contribution in [3.8, 4) is 11.5 Å². The number of piperazine rings is 1. The molecule has 0 aromatic heterocycles. The molecule has 0 aliphatic carbocycles. The Hall–Kier alpha value is -3.39. The number of fused-ring (bicyclic) bond motifs is 1. The van der Waals surface area contributed by atoms with Gasteiger partial charge in [0.25, 0.3) is 11.8 Å². The van der Waals surface area contributed by atoms with E-state index in [0.29, 0.717) is 48.3 Å². The van der Waals surface area contributed by atoms with Crippen LogP contribution in [0.2, 0.25) is 5.02 Å². The van der Waals surface area contributed by atoms with Gasteiger partial charge in [-0.3, -0.25) is 14.6 Å². The number of halogens is 1. The second-order valence-electron chi connectivity index (χ2n) is 9.47. The van der Waals surface area contributed by atoms with E-state index in [-0.39, 0.29) is 30.4 Å². The summed E-state index contributed by atoms with van der Waals surface area (Å²) < 4.78 is 10.9. The Morgan fingerprint density at radius 3 is 2.71 bits per heavy atom. The largest absolute Gasteiger partial charge is 0.454 e. The zero-order valence-corrected chi connectivity index (χ0v) is 20.5. The Bertz CT molecular complexity index is 1230. The molecular weight excluding hydrogens is 468 g/mol. The van der Waals surface area contributed by atoms with Crippen LogP contribution in [0.3, 0.4) is 0 Å². The van der Waals surface area contributed by atoms with E-state index >= 15 is 0 Å². The van der Waals surface area contributed by atoms with E-state index < -0.39 is 5.54 Å². The number of hydrogen-bond acceptors (Lipinski definition) is 6. The molecule has 2 aromatic carbocycles. The molecule has 1 unspecified atom stereocenters. The molecular formula is C26H27ClN4O4. The third-order valence-electron chi connectivity index (χ3n) is 6.61. The van der Waals surface area contributed by atoms with Crippen molar-refractivity contribution in [3.63, 3.8) is 0 Å². The Balaban J connectivity index is 1.29. The highest BCUT2D eigenvalue weighted by atomic mass is 35.5. The lowest BCUT2D eigenvalue weighted by Crippen LogP contribution is -2.63. The molecule has 182 valence electrons. The monoisotopic (exact) mass is 494 g/mol. The molecule has 8 nitrogen and oxygen atoms in total. The fourth-order valence-corrected chi connectivity index (χ4v) is 4.99. The normalized spacial score (nSPS) is 20.9. The molecule has 3 aliphatic rings. The molecule has 5 rings (SSSR count). The molecule has 0 bridgehead atoms. The summed E-state index contributed by atoms with van der Waals surface area (Å²) in [6.07, 6.45) is 2.54. The summed E-state index contributed by atoms with van der Waals surface area (Å²) in [7, 11) is 0. The number of carbonyl (C=O) groups is 2. The highest BCUT2D eigenvalue weighted by Crippen LogP contribution is 2.36. The van der Waals surface area contributed by atoms with Gasteiger partial charge in [0.05, 0.1) is 11.1 Å². The maximum absolute atomic E-state index is 13.4. The maximum Gasteiger partial charge on any atom is 0.291 e. The lowest BCUT2D eigenvalue weighted by atomic mass is 9.97. The van der Waals surface area contributed by atoms with Crippen molar-refractivity contribution in [2.45, 2.75) is 31.7 Å². The molecule has 0 spiro atoms. The first kappa shape index (κ1) is 23.4. The van der Waals surface area contributed by atoms with Crippen molar-refractivity contribution < 1.29 is 19.1 Å². The maximum atomic E-state index is 13.4. The smallest absolute Gasteiger partial charge is 0.291 e. The Morgan fingerprint density at radius 1 is 1.09 bits per heavy atom. The van der Waals surface area contributed by atoms with Crippen LogP contribution < -0.4 is 9.47 Å². The van der Waals surface area contributed by atoms with Crippen LogP contribution in [-0.2, 0) is 4.79 Å². The molecule has 1 fully saturated rings. The number of rotatable bonds is 3. The fourth-order valence-electron chi connectivity index (χ4n) is 4.79. The standard InChI is InChI=1S/C26H27ClN4O4/c1-26(2)15-30(24(32)20-7-4-8-21-22(20)35-16-34-21)11-12-31(26)25(33)23-28-10-9-18(14-29-23)17-5-3-6-19(27)13-17/h3-8,13-14,18H,9-12,15-16H2,1-2H3. The highest BCUT2D eigenvalue weighted by molar-refractivity contribution is 6.39. The van der Waals surface area contributed by atoms with Crippen LogP contribution in [0.15, 0.2) is 52.4 Å². The quantitative estimate of drug-likeness (QED) is 0.650. The van der Waals surface area contributed by atoms with E-state index in [1.807, 2.05) is 38.1 Å². The SMILES string of the molecule is CC1(C)CN(C(=O)c2cccc3c2OCO3)CCN1C(=O)C1=NCCC(c2cccc(Cl)c2)C=N1. The molecule has 35 heavy (non-hydrogen) atoms. The molecule has 0 radical (unpaired) electrons. The van der Waals surface area contributed by atoms with Gasteiger partial charge >= 0.3 is 0 Å². The summed E-state index contributed by atoms with van der Waals surface area (Å²) in [6.45, 7) is 5.68. The molecule has 2 amide bonds. The minimum atomic E-state index is -0.600. The van der Waals surface area contributed by atoms with Crippen LogP contribution in [0.4, 0.5) is 0 Å². The van der Waals surface area contributed by atoms with Crippen LogP contribution >= 0.6 is 11.6 Å². The van der Waals surface area contributed by atoms with Gasteiger partial charge in [-0.2, -0.15) is 0 Å². The van der Waals surface area contributed by atoms with Gasteiger partial charge in [-0.05, 0) is 50.1 Å². The second kappa shape index (κ2) is 9.34. The van der Waals surface area contributed by atoms with Crippen LogP contribution in [0.25, 0.3) is 0 Å². The van der Waals surface area contributed by atoms with Crippen molar-refractivity contribution in [3.05, 3.63) is 58.6 Å². The second-order valence-corrected chi connectivity index (χ2v) is 9.91. The van der Waals surface area contributed by atoms with Crippen molar-refractivity contribution in [1.82, 2.24) is 9.80 Å². The number of hydrogen-bond donors (Lipinski definition) is 0. The minimum absolute atomic E-state index is 0.0454. The zero-order valence-electron chi connectivity index (χ0n) is 19.7. The number of aliphatic imine (C=N–C) groups is 2. The van der Waals surface area contributed by atoms with E-state index in [0.717, 1.165) is 12.0 Å². The zero-order chi connectivity index (χ0) is 24.6. The van der Waals surface area contributed by atoms with Gasteiger partial charge in [-0.25, -0.2) is 4.99 Å². The summed E-state index contributed by atoms with van der Waals surface area (Å²) in [5.41, 5.74) is 0.927. The van der Waals surface area contributed by atoms with E-state index in [1.54, 1.807) is 34.2 Å². The third-order valence-corrected chi connectivity index (χ3v) is 6.84. The number of carbonyl (C=O) groups excluding carboxylic acids is 2. The molecule has 9 heteroatoms. The lowest BCUT2D eigenvalue weighted by molar-refractivity contribution is -0.132. The number of benzene rings is 2. The molecule has 0 saturated carbocycles. The average Bonchev–Trinajstić information content (AvgIpc) is 3.19. The number of amidine groups is 1. The van der Waals surface area contributed by atoms with Crippen molar-refractivity contribution in [1.29, 1.82) is 0 Å². The number of amides is 2. The number of para-hydroxylation sites is 1. The van der Waals surface area contributed by atoms with Gasteiger partial charge in [-0.1, -0.05) is 29.8 Å². The lowest BCUT2D eigenvalue weighted by Gasteiger charge is -2.46. The molecule has 3 heterocycles. The summed E-state index contributed by atoms with van der Waals surface area (Å²) in [5.74, 6) is 0.941. The topological polar surface area (TPSA) is 83.8 Å².